The average Bonchev–Trinajstić information content (AvgIpc) is 4.06. The fourth-order valence-electron chi connectivity index (χ4n) is 9.12. The summed E-state index contributed by atoms with van der Waals surface area (Å²) in [7, 11) is 0. The van der Waals surface area contributed by atoms with Crippen LogP contribution in [0.1, 0.15) is 37.1 Å². The molecule has 0 amide bonds. The first-order valence-corrected chi connectivity index (χ1v) is 22.2. The maximum absolute atomic E-state index is 7.37. The molecule has 9 heterocycles. The van der Waals surface area contributed by atoms with Crippen molar-refractivity contribution < 1.29 is 9.47 Å². The van der Waals surface area contributed by atoms with E-state index in [2.05, 4.69) is 86.0 Å². The lowest BCUT2D eigenvalue weighted by Gasteiger charge is -2.40. The normalized spacial score (nSPS) is 22.9. The van der Waals surface area contributed by atoms with Crippen LogP contribution in [-0.2, 0) is 10.3 Å². The van der Waals surface area contributed by atoms with E-state index in [-0.39, 0.29) is 6.10 Å². The molecule has 3 aliphatic heterocycles. The number of ether oxygens (including phenoxy) is 2. The fraction of sp³-hybridized carbons (Fsp3) is 0.326. The van der Waals surface area contributed by atoms with Gasteiger partial charge in [0, 0.05) is 70.5 Å². The summed E-state index contributed by atoms with van der Waals surface area (Å²) < 4.78 is 14.3. The lowest BCUT2D eigenvalue weighted by atomic mass is 9.83. The van der Waals surface area contributed by atoms with Gasteiger partial charge in [-0.3, -0.25) is 5.10 Å². The number of nitrogens with two attached hydrogens (primary N) is 1. The highest BCUT2D eigenvalue weighted by atomic mass is 32.1. The molecule has 2 aromatic carbocycles. The first-order chi connectivity index (χ1) is 29.9. The third kappa shape index (κ3) is 7.38. The number of rotatable bonds is 9. The number of nitrogens with one attached hydrogen (secondary N) is 4. The van der Waals surface area contributed by atoms with Gasteiger partial charge in [-0.1, -0.05) is 24.3 Å². The molecule has 61 heavy (non-hydrogen) atoms. The number of nitrogens with zero attached hydrogens (tertiary/aromatic N) is 9. The maximum Gasteiger partial charge on any atom is 0.233 e. The fourth-order valence-corrected chi connectivity index (χ4v) is 10.8. The predicted molar refractivity (Wildman–Crippen MR) is 235 cm³/mol. The van der Waals surface area contributed by atoms with E-state index in [0.29, 0.717) is 49.9 Å². The van der Waals surface area contributed by atoms with Gasteiger partial charge < -0.3 is 31.2 Å². The lowest BCUT2D eigenvalue weighted by molar-refractivity contribution is 0.0207. The molecule has 11 rings (SSSR count). The number of anilines is 1. The van der Waals surface area contributed by atoms with Crippen molar-refractivity contribution >= 4 is 48.9 Å². The number of aromatic amines is 1. The summed E-state index contributed by atoms with van der Waals surface area (Å²) in [4.78, 5) is 9.53. The Balaban J connectivity index is 0.808. The monoisotopic (exact) mass is 850 g/mol. The summed E-state index contributed by atoms with van der Waals surface area (Å²) in [6.07, 6.45) is 6.51. The average molecular weight is 851 g/mol. The van der Waals surface area contributed by atoms with Gasteiger partial charge in [-0.25, -0.2) is 9.97 Å². The van der Waals surface area contributed by atoms with Crippen LogP contribution in [-0.4, -0.2) is 101 Å². The van der Waals surface area contributed by atoms with Gasteiger partial charge in [-0.2, -0.15) is 15.3 Å². The Hall–Kier alpha value is -5.89. The van der Waals surface area contributed by atoms with Crippen molar-refractivity contribution in [1.29, 1.82) is 0 Å². The summed E-state index contributed by atoms with van der Waals surface area (Å²) in [5.41, 5.74) is 21.0. The van der Waals surface area contributed by atoms with Crippen LogP contribution in [0.2, 0.25) is 0 Å². The number of aromatic nitrogens is 10. The highest BCUT2D eigenvalue weighted by Gasteiger charge is 2.38. The molecule has 6 aromatic heterocycles. The van der Waals surface area contributed by atoms with Crippen molar-refractivity contribution in [2.75, 3.05) is 31.6 Å². The van der Waals surface area contributed by atoms with Crippen LogP contribution in [0, 0.1) is 6.92 Å². The van der Waals surface area contributed by atoms with Crippen LogP contribution >= 0.6 is 22.7 Å². The second-order valence-corrected chi connectivity index (χ2v) is 17.9. The minimum Gasteiger partial charge on any atom is -0.472 e. The van der Waals surface area contributed by atoms with Crippen LogP contribution in [0.4, 0.5) is 5.82 Å². The molecule has 8 aromatic rings. The van der Waals surface area contributed by atoms with Crippen LogP contribution in [0.15, 0.2) is 78.0 Å². The Kier molecular flexibility index (Phi) is 9.89. The molecular weight excluding hydrogens is 809 g/mol. The first-order valence-electron chi connectivity index (χ1n) is 20.5. The van der Waals surface area contributed by atoms with Crippen molar-refractivity contribution in [3.63, 3.8) is 0 Å². The number of morpholine rings is 1. The third-order valence-electron chi connectivity index (χ3n) is 11.9. The highest BCUT2D eigenvalue weighted by molar-refractivity contribution is 7.17. The van der Waals surface area contributed by atoms with Gasteiger partial charge in [-0.05, 0) is 57.0 Å². The topological polar surface area (TPSA) is 212 Å². The van der Waals surface area contributed by atoms with Crippen molar-refractivity contribution in [3.05, 3.63) is 89.4 Å². The minimum atomic E-state index is -0.787. The molecule has 0 radical (unpaired) electrons. The van der Waals surface area contributed by atoms with Gasteiger partial charge in [0.15, 0.2) is 0 Å². The van der Waals surface area contributed by atoms with E-state index in [0.717, 1.165) is 108 Å². The maximum atomic E-state index is 7.37. The summed E-state index contributed by atoms with van der Waals surface area (Å²) in [6, 6.07) is 19.3. The molecule has 0 spiro atoms. The number of aryl methyl sites for hydroxylation is 1. The number of fused-ring (bicyclic) bond motifs is 4. The largest absolute Gasteiger partial charge is 0.472 e. The van der Waals surface area contributed by atoms with Gasteiger partial charge in [-0.15, -0.1) is 43.1 Å². The van der Waals surface area contributed by atoms with Crippen LogP contribution in [0.3, 0.4) is 0 Å². The Bertz CT molecular complexity index is 2830. The van der Waals surface area contributed by atoms with Crippen LogP contribution in [0.25, 0.3) is 65.2 Å². The zero-order valence-electron chi connectivity index (χ0n) is 33.2. The zero-order chi connectivity index (χ0) is 40.9. The number of piperidine rings is 1. The van der Waals surface area contributed by atoms with E-state index in [4.69, 9.17) is 20.2 Å². The third-order valence-corrected chi connectivity index (χ3v) is 13.7. The second-order valence-electron chi connectivity index (χ2n) is 16.2. The van der Waals surface area contributed by atoms with E-state index in [1.807, 2.05) is 54.5 Å². The summed E-state index contributed by atoms with van der Waals surface area (Å²) in [5, 5.41) is 45.2. The number of benzene rings is 2. The molecule has 5 atom stereocenters. The molecular formula is C43H42N14O2S2. The number of H-pyrrole nitrogens is 1. The van der Waals surface area contributed by atoms with Gasteiger partial charge in [0.05, 0.1) is 85.4 Å². The Morgan fingerprint density at radius 1 is 0.803 bits per heavy atom. The lowest BCUT2D eigenvalue weighted by Crippen LogP contribution is -2.56. The molecule has 308 valence electrons. The molecule has 18 heteroatoms. The first kappa shape index (κ1) is 38.1. The SMILES string of the molecule is Cc1cc(-c2ccc(-c3ccc(O[C@@H]4CNCC[C@@](N)(c5[nH]ncc5-c5ccc(-c6ccc(NC7C[C@H]8COC[C@@H](C7)N8)nn6)c6scnc56)C4)nn3)c3scnc23)cnn1. The van der Waals surface area contributed by atoms with Crippen molar-refractivity contribution in [2.45, 2.75) is 62.4 Å². The summed E-state index contributed by atoms with van der Waals surface area (Å²) >= 11 is 3.15. The molecule has 0 saturated carbocycles. The van der Waals surface area contributed by atoms with Gasteiger partial charge in [0.2, 0.25) is 5.88 Å². The van der Waals surface area contributed by atoms with E-state index in [1.54, 1.807) is 28.9 Å². The molecule has 2 bridgehead atoms. The smallest absolute Gasteiger partial charge is 0.233 e. The van der Waals surface area contributed by atoms with E-state index in [1.165, 1.54) is 0 Å². The number of hydrogen-bond donors (Lipinski definition) is 5. The molecule has 3 aliphatic rings. The number of hydrogen-bond acceptors (Lipinski definition) is 17. The molecule has 6 N–H and O–H groups in total. The molecule has 1 unspecified atom stereocenters. The van der Waals surface area contributed by atoms with Gasteiger partial charge >= 0.3 is 0 Å². The molecule has 0 aliphatic carbocycles. The van der Waals surface area contributed by atoms with Gasteiger partial charge in [0.25, 0.3) is 0 Å². The van der Waals surface area contributed by atoms with Crippen molar-refractivity contribution in [1.82, 2.24) is 61.4 Å². The van der Waals surface area contributed by atoms with E-state index < -0.39 is 5.54 Å². The standard InChI is InChI=1S/C43H42N14O2S2/c1-23-12-24(16-48-52-23)29-2-4-31(40-38(29)46-21-60-40)35-7-9-37(56-54-35)59-28-15-43(44,10-11-45-17-28)42-33(18-49-57-42)30-3-5-32(41-39(30)47-22-61-41)34-6-8-36(55-53-34)51-25-13-26-19-58-20-27(14-25)50-26/h2-9,12,16,18,21-22,25-28,45,50H,10-11,13-15,17,19-20,44H2,1H3,(H,49,57)(H,51,55)/t25?,26-,27+,28-,43-/m0/s1. The Morgan fingerprint density at radius 3 is 2.25 bits per heavy atom. The second kappa shape index (κ2) is 15.9. The van der Waals surface area contributed by atoms with E-state index in [9.17, 15) is 0 Å². The number of thiazole rings is 2. The quantitative estimate of drug-likeness (QED) is 0.115. The molecule has 3 fully saturated rings. The highest BCUT2D eigenvalue weighted by Crippen LogP contribution is 2.42. The Morgan fingerprint density at radius 2 is 1.52 bits per heavy atom. The van der Waals surface area contributed by atoms with Crippen molar-refractivity contribution in [2.24, 2.45) is 5.73 Å². The molecule has 16 nitrogen and oxygen atoms in total. The van der Waals surface area contributed by atoms with Crippen LogP contribution in [0.5, 0.6) is 5.88 Å². The summed E-state index contributed by atoms with van der Waals surface area (Å²) in [6.45, 7) is 4.75. The van der Waals surface area contributed by atoms with Crippen LogP contribution < -0.4 is 26.4 Å². The minimum absolute atomic E-state index is 0.283. The van der Waals surface area contributed by atoms with E-state index >= 15 is 0 Å². The molecule has 3 saturated heterocycles. The predicted octanol–water partition coefficient (Wildman–Crippen LogP) is 5.89. The zero-order valence-corrected chi connectivity index (χ0v) is 34.8. The van der Waals surface area contributed by atoms with Crippen molar-refractivity contribution in [3.8, 4) is 50.6 Å². The van der Waals surface area contributed by atoms with Gasteiger partial charge in [0.1, 0.15) is 11.9 Å². The Labute approximate surface area is 358 Å². The summed E-state index contributed by atoms with van der Waals surface area (Å²) in [5.74, 6) is 1.21.